The Labute approximate surface area is 121 Å². The maximum Gasteiger partial charge on any atom is 0.107 e. The van der Waals surface area contributed by atoms with Crippen molar-refractivity contribution in [1.29, 1.82) is 0 Å². The lowest BCUT2D eigenvalue weighted by Crippen LogP contribution is -2.12. The molecule has 0 aromatic carbocycles. The van der Waals surface area contributed by atoms with E-state index >= 15 is 0 Å². The van der Waals surface area contributed by atoms with Gasteiger partial charge in [-0.1, -0.05) is 34.6 Å². The normalized spacial score (nSPS) is 28.4. The topological polar surface area (TPSA) is 48.9 Å². The van der Waals surface area contributed by atoms with Gasteiger partial charge in [-0.2, -0.15) is 0 Å². The van der Waals surface area contributed by atoms with Gasteiger partial charge in [0.2, 0.25) is 0 Å². The van der Waals surface area contributed by atoms with Crippen molar-refractivity contribution in [3.63, 3.8) is 0 Å². The second-order valence-electron chi connectivity index (χ2n) is 5.55. The maximum absolute atomic E-state index is 10.6. The Hall–Kier alpha value is -1.39. The van der Waals surface area contributed by atoms with E-state index < -0.39 is 10.8 Å². The number of H-pyrrole nitrogens is 1. The first-order chi connectivity index (χ1) is 9.83. The van der Waals surface area contributed by atoms with E-state index in [4.69, 9.17) is 0 Å². The summed E-state index contributed by atoms with van der Waals surface area (Å²) in [6, 6.07) is 0. The zero-order valence-corrected chi connectivity index (χ0v) is 12.1. The molecule has 3 aliphatic rings. The van der Waals surface area contributed by atoms with Gasteiger partial charge in [-0.05, 0) is 36.8 Å². The van der Waals surface area contributed by atoms with Gasteiger partial charge in [0.1, 0.15) is 5.82 Å². The number of aromatic amines is 1. The Bertz CT molecular complexity index is 665. The lowest BCUT2D eigenvalue weighted by atomic mass is 9.82. The molecule has 2 heterocycles. The van der Waals surface area contributed by atoms with Crippen LogP contribution in [-0.2, 0) is 6.42 Å². The SMILES string of the molecule is OS1=C2CCC3=C(C=CCC3)C2=C[C@@H]1Cc1ncc[nH]1. The number of aromatic nitrogens is 2. The lowest BCUT2D eigenvalue weighted by molar-refractivity contribution is 0.650. The number of nitrogens with zero attached hydrogens (tertiary/aromatic N) is 1. The Morgan fingerprint density at radius 3 is 3.15 bits per heavy atom. The van der Waals surface area contributed by atoms with Crippen molar-refractivity contribution in [3.8, 4) is 0 Å². The average Bonchev–Trinajstić information content (AvgIpc) is 3.09. The molecule has 0 radical (unpaired) electrons. The molecular formula is C16H18N2OS. The van der Waals surface area contributed by atoms with Crippen LogP contribution < -0.4 is 0 Å². The Morgan fingerprint density at radius 2 is 2.30 bits per heavy atom. The van der Waals surface area contributed by atoms with Gasteiger partial charge in [0, 0.05) is 28.9 Å². The second-order valence-corrected chi connectivity index (χ2v) is 7.28. The van der Waals surface area contributed by atoms with E-state index in [1.54, 1.807) is 11.8 Å². The van der Waals surface area contributed by atoms with E-state index in [1.165, 1.54) is 28.9 Å². The maximum atomic E-state index is 10.6. The third-order valence-electron chi connectivity index (χ3n) is 4.36. The van der Waals surface area contributed by atoms with E-state index in [-0.39, 0.29) is 5.25 Å². The van der Waals surface area contributed by atoms with Gasteiger partial charge < -0.3 is 9.54 Å². The molecule has 4 rings (SSSR count). The van der Waals surface area contributed by atoms with Crippen LogP contribution >= 0.6 is 10.8 Å². The molecule has 0 saturated carbocycles. The first kappa shape index (κ1) is 12.4. The summed E-state index contributed by atoms with van der Waals surface area (Å²) in [5.74, 6) is 0.964. The van der Waals surface area contributed by atoms with E-state index in [0.29, 0.717) is 0 Å². The van der Waals surface area contributed by atoms with Crippen LogP contribution in [0.5, 0.6) is 0 Å². The summed E-state index contributed by atoms with van der Waals surface area (Å²) in [6.45, 7) is 0. The largest absolute Gasteiger partial charge is 0.349 e. The quantitative estimate of drug-likeness (QED) is 0.816. The number of imidazole rings is 1. The van der Waals surface area contributed by atoms with Gasteiger partial charge in [-0.15, -0.1) is 0 Å². The zero-order valence-electron chi connectivity index (χ0n) is 11.3. The van der Waals surface area contributed by atoms with Crippen LogP contribution in [0.3, 0.4) is 0 Å². The van der Waals surface area contributed by atoms with E-state index in [9.17, 15) is 4.55 Å². The van der Waals surface area contributed by atoms with Gasteiger partial charge in [-0.3, -0.25) is 0 Å². The van der Waals surface area contributed by atoms with Crippen LogP contribution in [0.1, 0.15) is 31.5 Å². The van der Waals surface area contributed by atoms with Crippen LogP contribution in [-0.4, -0.2) is 24.6 Å². The van der Waals surface area contributed by atoms with E-state index in [2.05, 4.69) is 28.2 Å². The van der Waals surface area contributed by atoms with Crippen molar-refractivity contribution in [2.75, 3.05) is 0 Å². The molecule has 2 atom stereocenters. The fourth-order valence-corrected chi connectivity index (χ4v) is 5.03. The highest BCUT2D eigenvalue weighted by molar-refractivity contribution is 8.12. The van der Waals surface area contributed by atoms with Gasteiger partial charge in [0.05, 0.1) is 0 Å². The van der Waals surface area contributed by atoms with Crippen LogP contribution in [0.25, 0.3) is 0 Å². The summed E-state index contributed by atoms with van der Waals surface area (Å²) in [5.41, 5.74) is 4.30. The molecule has 0 fully saturated rings. The van der Waals surface area contributed by atoms with Crippen LogP contribution in [0, 0.1) is 0 Å². The van der Waals surface area contributed by atoms with E-state index in [1.807, 2.05) is 6.20 Å². The molecule has 1 aliphatic heterocycles. The monoisotopic (exact) mass is 286 g/mol. The Kier molecular flexibility index (Phi) is 3.00. The van der Waals surface area contributed by atoms with Gasteiger partial charge in [0.15, 0.2) is 0 Å². The predicted molar refractivity (Wildman–Crippen MR) is 84.0 cm³/mol. The van der Waals surface area contributed by atoms with Crippen molar-refractivity contribution < 1.29 is 4.55 Å². The highest BCUT2D eigenvalue weighted by Crippen LogP contribution is 2.43. The minimum Gasteiger partial charge on any atom is -0.349 e. The number of hydrogen-bond acceptors (Lipinski definition) is 2. The zero-order chi connectivity index (χ0) is 13.5. The number of nitrogens with one attached hydrogen (secondary N) is 1. The van der Waals surface area contributed by atoms with Crippen molar-refractivity contribution in [2.24, 2.45) is 0 Å². The summed E-state index contributed by atoms with van der Waals surface area (Å²) in [4.78, 5) is 8.70. The van der Waals surface area contributed by atoms with Gasteiger partial charge in [0.25, 0.3) is 0 Å². The standard InChI is InChI=1S/C16H18N2OS/c19-20-12(10-16-17-7-8-18-16)9-14-13-4-2-1-3-11(13)5-6-15(14)20/h2,4,7-9,12,19H,1,3,5-6,10H2,(H,17,18)/t12-,20?/m1/s1. The third kappa shape index (κ3) is 1.95. The summed E-state index contributed by atoms with van der Waals surface area (Å²) in [7, 11) is -0.631. The molecule has 0 saturated heterocycles. The predicted octanol–water partition coefficient (Wildman–Crippen LogP) is 3.62. The smallest absolute Gasteiger partial charge is 0.107 e. The molecule has 4 heteroatoms. The molecule has 1 aromatic heterocycles. The Morgan fingerprint density at radius 1 is 1.35 bits per heavy atom. The summed E-state index contributed by atoms with van der Waals surface area (Å²) in [5, 5.41) is 0.188. The number of hydrogen-bond donors (Lipinski definition) is 2. The van der Waals surface area contributed by atoms with Crippen molar-refractivity contribution in [2.45, 2.75) is 37.4 Å². The van der Waals surface area contributed by atoms with Crippen molar-refractivity contribution >= 4 is 15.6 Å². The molecule has 0 spiro atoms. The molecule has 1 aromatic rings. The molecule has 1 unspecified atom stereocenters. The average molecular weight is 286 g/mol. The summed E-state index contributed by atoms with van der Waals surface area (Å²) >= 11 is 0. The number of allylic oxidation sites excluding steroid dienone is 5. The lowest BCUT2D eigenvalue weighted by Gasteiger charge is -2.24. The minimum absolute atomic E-state index is 0.188. The summed E-state index contributed by atoms with van der Waals surface area (Å²) in [6.07, 6.45) is 15.7. The van der Waals surface area contributed by atoms with Gasteiger partial charge in [-0.25, -0.2) is 4.98 Å². The van der Waals surface area contributed by atoms with Crippen LogP contribution in [0.4, 0.5) is 0 Å². The fraction of sp³-hybridized carbons (Fsp3) is 0.375. The number of rotatable bonds is 2. The van der Waals surface area contributed by atoms with Crippen LogP contribution in [0.2, 0.25) is 0 Å². The molecule has 2 N–H and O–H groups in total. The molecule has 0 bridgehead atoms. The first-order valence-corrected chi connectivity index (χ1v) is 8.45. The van der Waals surface area contributed by atoms with Crippen molar-refractivity contribution in [3.05, 3.63) is 53.2 Å². The number of fused-ring (bicyclic) bond motifs is 2. The molecule has 20 heavy (non-hydrogen) atoms. The molecule has 0 amide bonds. The third-order valence-corrected chi connectivity index (χ3v) is 6.17. The minimum atomic E-state index is -0.631. The second kappa shape index (κ2) is 4.86. The highest BCUT2D eigenvalue weighted by Gasteiger charge is 2.31. The Balaban J connectivity index is 1.70. The highest BCUT2D eigenvalue weighted by atomic mass is 32.2. The van der Waals surface area contributed by atoms with Gasteiger partial charge >= 0.3 is 0 Å². The molecule has 2 aliphatic carbocycles. The van der Waals surface area contributed by atoms with Crippen LogP contribution in [0.15, 0.2) is 47.3 Å². The molecule has 104 valence electrons. The fourth-order valence-electron chi connectivity index (χ4n) is 3.37. The first-order valence-electron chi connectivity index (χ1n) is 7.20. The van der Waals surface area contributed by atoms with E-state index in [0.717, 1.165) is 25.1 Å². The molecular weight excluding hydrogens is 268 g/mol. The summed E-state index contributed by atoms with van der Waals surface area (Å²) < 4.78 is 10.6. The molecule has 3 nitrogen and oxygen atoms in total. The van der Waals surface area contributed by atoms with Crippen molar-refractivity contribution in [1.82, 2.24) is 9.97 Å².